The molecule has 0 amide bonds. The van der Waals surface area contributed by atoms with Gasteiger partial charge in [0, 0.05) is 0 Å². The molecule has 13 heavy (non-hydrogen) atoms. The molecule has 0 heteroatoms. The summed E-state index contributed by atoms with van der Waals surface area (Å²) in [4.78, 5) is 0. The number of allylic oxidation sites excluding steroid dienone is 7. The summed E-state index contributed by atoms with van der Waals surface area (Å²) >= 11 is 0. The molecule has 0 saturated carbocycles. The Morgan fingerprint density at radius 2 is 1.62 bits per heavy atom. The molecule has 0 bridgehead atoms. The Morgan fingerprint density at radius 1 is 0.923 bits per heavy atom. The third-order valence-corrected chi connectivity index (χ3v) is 1.69. The van der Waals surface area contributed by atoms with Gasteiger partial charge in [0.2, 0.25) is 0 Å². The van der Waals surface area contributed by atoms with E-state index < -0.39 is 0 Å². The van der Waals surface area contributed by atoms with Crippen LogP contribution < -0.4 is 0 Å². The normalized spacial score (nSPS) is 12.1. The maximum absolute atomic E-state index is 3.59. The molecule has 0 aliphatic carbocycles. The lowest BCUT2D eigenvalue weighted by Crippen LogP contribution is -1.69. The van der Waals surface area contributed by atoms with Gasteiger partial charge >= 0.3 is 0 Å². The van der Waals surface area contributed by atoms with Crippen LogP contribution in [-0.2, 0) is 0 Å². The first-order valence-electron chi connectivity index (χ1n) is 5.02. The van der Waals surface area contributed by atoms with Gasteiger partial charge in [-0.1, -0.05) is 68.9 Å². The van der Waals surface area contributed by atoms with Crippen LogP contribution in [0.3, 0.4) is 0 Å². The highest BCUT2D eigenvalue weighted by molar-refractivity contribution is 5.14. The van der Waals surface area contributed by atoms with Crippen LogP contribution in [0.4, 0.5) is 0 Å². The Balaban J connectivity index is 3.34. The van der Waals surface area contributed by atoms with E-state index in [9.17, 15) is 0 Å². The molecule has 0 aliphatic rings. The fraction of sp³-hybridized carbons (Fsp3) is 0.385. The van der Waals surface area contributed by atoms with Crippen molar-refractivity contribution in [2.45, 2.75) is 32.6 Å². The standard InChI is InChI=1S/C13H20/c1-3-5-7-9-11-13-12-10-8-6-4-2/h3,5,7,9,11-13H,1,4,6,8,10H2,2H3. The van der Waals surface area contributed by atoms with Gasteiger partial charge in [-0.25, -0.2) is 0 Å². The molecule has 72 valence electrons. The summed E-state index contributed by atoms with van der Waals surface area (Å²) in [5.41, 5.74) is 0. The monoisotopic (exact) mass is 176 g/mol. The second kappa shape index (κ2) is 11.0. The topological polar surface area (TPSA) is 0 Å². The van der Waals surface area contributed by atoms with Crippen LogP contribution in [0.15, 0.2) is 49.1 Å². The third-order valence-electron chi connectivity index (χ3n) is 1.69. The van der Waals surface area contributed by atoms with Crippen molar-refractivity contribution in [3.05, 3.63) is 49.1 Å². The highest BCUT2D eigenvalue weighted by Crippen LogP contribution is 1.99. The van der Waals surface area contributed by atoms with Gasteiger partial charge < -0.3 is 0 Å². The van der Waals surface area contributed by atoms with E-state index in [0.29, 0.717) is 0 Å². The zero-order chi connectivity index (χ0) is 9.78. The van der Waals surface area contributed by atoms with Crippen LogP contribution in [0, 0.1) is 0 Å². The van der Waals surface area contributed by atoms with Crippen molar-refractivity contribution in [3.8, 4) is 0 Å². The van der Waals surface area contributed by atoms with Gasteiger partial charge in [-0.05, 0) is 12.8 Å². The summed E-state index contributed by atoms with van der Waals surface area (Å²) < 4.78 is 0. The second-order valence-electron chi connectivity index (χ2n) is 2.93. The smallest absolute Gasteiger partial charge is 0.0348 e. The zero-order valence-electron chi connectivity index (χ0n) is 8.58. The molecule has 0 rings (SSSR count). The van der Waals surface area contributed by atoms with Crippen LogP contribution in [0.5, 0.6) is 0 Å². The van der Waals surface area contributed by atoms with Crippen molar-refractivity contribution in [1.29, 1.82) is 0 Å². The molecule has 0 aromatic rings. The molecule has 0 saturated heterocycles. The largest absolute Gasteiger partial charge is 0.0991 e. The van der Waals surface area contributed by atoms with Gasteiger partial charge in [0.25, 0.3) is 0 Å². The summed E-state index contributed by atoms with van der Waals surface area (Å²) in [6, 6.07) is 0. The molecule has 0 unspecified atom stereocenters. The lowest BCUT2D eigenvalue weighted by atomic mass is 10.2. The quantitative estimate of drug-likeness (QED) is 0.398. The van der Waals surface area contributed by atoms with Crippen LogP contribution in [-0.4, -0.2) is 0 Å². The summed E-state index contributed by atoms with van der Waals surface area (Å²) in [5, 5.41) is 0. The fourth-order valence-corrected chi connectivity index (χ4v) is 0.958. The Morgan fingerprint density at radius 3 is 2.31 bits per heavy atom. The SMILES string of the molecule is C=CC=CC=CC=CCCCCC. The third kappa shape index (κ3) is 11.0. The van der Waals surface area contributed by atoms with Crippen molar-refractivity contribution < 1.29 is 0 Å². The Hall–Kier alpha value is -1.04. The van der Waals surface area contributed by atoms with E-state index in [0.717, 1.165) is 0 Å². The minimum absolute atomic E-state index is 1.20. The molecule has 0 atom stereocenters. The molecular formula is C13H20. The van der Waals surface area contributed by atoms with Crippen LogP contribution in [0.1, 0.15) is 32.6 Å². The lowest BCUT2D eigenvalue weighted by Gasteiger charge is -1.89. The predicted molar refractivity (Wildman–Crippen MR) is 61.8 cm³/mol. The predicted octanol–water partition coefficient (Wildman–Crippen LogP) is 4.42. The molecule has 0 spiro atoms. The van der Waals surface area contributed by atoms with Crippen LogP contribution >= 0.6 is 0 Å². The second-order valence-corrected chi connectivity index (χ2v) is 2.93. The number of rotatable bonds is 7. The average molecular weight is 176 g/mol. The van der Waals surface area contributed by atoms with Gasteiger partial charge in [0.15, 0.2) is 0 Å². The maximum Gasteiger partial charge on any atom is -0.0348 e. The van der Waals surface area contributed by atoms with Gasteiger partial charge in [0.1, 0.15) is 0 Å². The van der Waals surface area contributed by atoms with Crippen LogP contribution in [0.25, 0.3) is 0 Å². The van der Waals surface area contributed by atoms with Crippen molar-refractivity contribution in [3.63, 3.8) is 0 Å². The molecule has 0 aromatic heterocycles. The summed E-state index contributed by atoms with van der Waals surface area (Å²) in [6.45, 7) is 5.82. The molecule has 0 heterocycles. The molecule has 0 radical (unpaired) electrons. The van der Waals surface area contributed by atoms with Gasteiger partial charge in [-0.2, -0.15) is 0 Å². The van der Waals surface area contributed by atoms with Gasteiger partial charge in [-0.3, -0.25) is 0 Å². The maximum atomic E-state index is 3.59. The van der Waals surface area contributed by atoms with E-state index in [2.05, 4.69) is 25.7 Å². The Labute approximate surface area is 82.4 Å². The highest BCUT2D eigenvalue weighted by atomic mass is 13.9. The van der Waals surface area contributed by atoms with Crippen LogP contribution in [0.2, 0.25) is 0 Å². The number of hydrogen-bond acceptors (Lipinski definition) is 0. The van der Waals surface area contributed by atoms with E-state index in [1.807, 2.05) is 24.3 Å². The number of hydrogen-bond donors (Lipinski definition) is 0. The first-order valence-corrected chi connectivity index (χ1v) is 5.02. The molecule has 0 N–H and O–H groups in total. The highest BCUT2D eigenvalue weighted by Gasteiger charge is 1.79. The van der Waals surface area contributed by atoms with E-state index in [1.54, 1.807) is 6.08 Å². The summed E-state index contributed by atoms with van der Waals surface area (Å²) in [7, 11) is 0. The molecule has 0 aliphatic heterocycles. The van der Waals surface area contributed by atoms with E-state index in [-0.39, 0.29) is 0 Å². The van der Waals surface area contributed by atoms with E-state index >= 15 is 0 Å². The zero-order valence-corrected chi connectivity index (χ0v) is 8.58. The molecule has 0 aromatic carbocycles. The average Bonchev–Trinajstić information content (AvgIpc) is 2.16. The van der Waals surface area contributed by atoms with Crippen molar-refractivity contribution in [1.82, 2.24) is 0 Å². The first-order chi connectivity index (χ1) is 6.41. The fourth-order valence-electron chi connectivity index (χ4n) is 0.958. The Bertz CT molecular complexity index is 182. The minimum atomic E-state index is 1.20. The van der Waals surface area contributed by atoms with E-state index in [1.165, 1.54) is 25.7 Å². The Kier molecular flexibility index (Phi) is 10.1. The van der Waals surface area contributed by atoms with Gasteiger partial charge in [0.05, 0.1) is 0 Å². The molecule has 0 nitrogen and oxygen atoms in total. The van der Waals surface area contributed by atoms with E-state index in [4.69, 9.17) is 0 Å². The first kappa shape index (κ1) is 12.0. The van der Waals surface area contributed by atoms with Crippen molar-refractivity contribution in [2.24, 2.45) is 0 Å². The van der Waals surface area contributed by atoms with Crippen molar-refractivity contribution >= 4 is 0 Å². The summed E-state index contributed by atoms with van der Waals surface area (Å²) in [5.74, 6) is 0. The lowest BCUT2D eigenvalue weighted by molar-refractivity contribution is 0.729. The number of unbranched alkanes of at least 4 members (excludes halogenated alkanes) is 3. The van der Waals surface area contributed by atoms with Crippen molar-refractivity contribution in [2.75, 3.05) is 0 Å². The molecule has 0 fully saturated rings. The summed E-state index contributed by atoms with van der Waals surface area (Å²) in [6.07, 6.45) is 19.2. The minimum Gasteiger partial charge on any atom is -0.0991 e. The molecular weight excluding hydrogens is 156 g/mol. The van der Waals surface area contributed by atoms with Gasteiger partial charge in [-0.15, -0.1) is 0 Å².